The summed E-state index contributed by atoms with van der Waals surface area (Å²) in [6, 6.07) is 5.79. The molecule has 0 bridgehead atoms. The van der Waals surface area contributed by atoms with Crippen molar-refractivity contribution in [3.05, 3.63) is 28.8 Å². The first-order valence-corrected chi connectivity index (χ1v) is 6.79. The van der Waals surface area contributed by atoms with E-state index in [4.69, 9.17) is 26.8 Å². The largest absolute Gasteiger partial charge is 0.491 e. The van der Waals surface area contributed by atoms with Gasteiger partial charge in [0, 0.05) is 17.7 Å². The summed E-state index contributed by atoms with van der Waals surface area (Å²) in [6.45, 7) is 5.89. The molecule has 1 atom stereocenters. The van der Waals surface area contributed by atoms with Crippen molar-refractivity contribution < 1.29 is 9.47 Å². The van der Waals surface area contributed by atoms with Crippen LogP contribution in [-0.2, 0) is 11.2 Å². The van der Waals surface area contributed by atoms with E-state index in [-0.39, 0.29) is 6.04 Å². The lowest BCUT2D eigenvalue weighted by molar-refractivity contribution is 0.110. The zero-order valence-electron chi connectivity index (χ0n) is 11.1. The lowest BCUT2D eigenvalue weighted by atomic mass is 10.0. The van der Waals surface area contributed by atoms with Crippen LogP contribution < -0.4 is 10.5 Å². The van der Waals surface area contributed by atoms with Gasteiger partial charge < -0.3 is 15.2 Å². The van der Waals surface area contributed by atoms with Crippen LogP contribution in [0.25, 0.3) is 0 Å². The van der Waals surface area contributed by atoms with Crippen molar-refractivity contribution >= 4 is 11.6 Å². The van der Waals surface area contributed by atoms with Crippen LogP contribution in [0, 0.1) is 0 Å². The molecule has 4 heteroatoms. The quantitative estimate of drug-likeness (QED) is 0.739. The fourth-order valence-electron chi connectivity index (χ4n) is 1.63. The number of hydrogen-bond donors (Lipinski definition) is 1. The summed E-state index contributed by atoms with van der Waals surface area (Å²) >= 11 is 6.01. The number of halogens is 1. The maximum atomic E-state index is 6.01. The Morgan fingerprint density at radius 1 is 1.28 bits per heavy atom. The third-order valence-corrected chi connectivity index (χ3v) is 2.95. The maximum absolute atomic E-state index is 6.01. The van der Waals surface area contributed by atoms with Gasteiger partial charge in [0.25, 0.3) is 0 Å². The second-order valence-electron chi connectivity index (χ2n) is 4.17. The zero-order valence-corrected chi connectivity index (χ0v) is 11.9. The van der Waals surface area contributed by atoms with E-state index in [1.54, 1.807) is 0 Å². The van der Waals surface area contributed by atoms with Gasteiger partial charge in [0.15, 0.2) is 0 Å². The van der Waals surface area contributed by atoms with Crippen molar-refractivity contribution in [2.75, 3.05) is 19.8 Å². The Morgan fingerprint density at radius 2 is 2.06 bits per heavy atom. The highest BCUT2D eigenvalue weighted by Gasteiger charge is 2.08. The topological polar surface area (TPSA) is 44.5 Å². The molecule has 0 radical (unpaired) electrons. The SMILES string of the molecule is CCOCCOc1ccc(Cl)cc1CC(N)CC. The Balaban J connectivity index is 2.64. The molecule has 0 fully saturated rings. The molecular formula is C14H22ClNO2. The van der Waals surface area contributed by atoms with Gasteiger partial charge in [-0.3, -0.25) is 0 Å². The maximum Gasteiger partial charge on any atom is 0.122 e. The third-order valence-electron chi connectivity index (χ3n) is 2.72. The Labute approximate surface area is 114 Å². The zero-order chi connectivity index (χ0) is 13.4. The lowest BCUT2D eigenvalue weighted by Crippen LogP contribution is -2.22. The molecule has 1 unspecified atom stereocenters. The van der Waals surface area contributed by atoms with E-state index in [0.717, 1.165) is 24.2 Å². The van der Waals surface area contributed by atoms with E-state index in [1.807, 2.05) is 25.1 Å². The molecule has 0 aliphatic carbocycles. The Kier molecular flexibility index (Phi) is 7.09. The minimum absolute atomic E-state index is 0.137. The van der Waals surface area contributed by atoms with Gasteiger partial charge in [0.05, 0.1) is 6.61 Å². The van der Waals surface area contributed by atoms with Crippen LogP contribution in [0.3, 0.4) is 0 Å². The number of ether oxygens (including phenoxy) is 2. The molecule has 0 heterocycles. The Morgan fingerprint density at radius 3 is 2.72 bits per heavy atom. The molecule has 1 rings (SSSR count). The van der Waals surface area contributed by atoms with Gasteiger partial charge in [-0.15, -0.1) is 0 Å². The lowest BCUT2D eigenvalue weighted by Gasteiger charge is -2.14. The average molecular weight is 272 g/mol. The first-order valence-electron chi connectivity index (χ1n) is 6.41. The first-order chi connectivity index (χ1) is 8.67. The normalized spacial score (nSPS) is 12.4. The van der Waals surface area contributed by atoms with E-state index in [0.29, 0.717) is 24.8 Å². The van der Waals surface area contributed by atoms with Gasteiger partial charge in [-0.05, 0) is 43.5 Å². The molecule has 0 aliphatic rings. The Bertz CT molecular complexity index is 358. The molecule has 0 spiro atoms. The number of nitrogens with two attached hydrogens (primary N) is 1. The van der Waals surface area contributed by atoms with E-state index in [2.05, 4.69) is 6.92 Å². The van der Waals surface area contributed by atoms with E-state index < -0.39 is 0 Å². The van der Waals surface area contributed by atoms with Crippen LogP contribution >= 0.6 is 11.6 Å². The second kappa shape index (κ2) is 8.35. The summed E-state index contributed by atoms with van der Waals surface area (Å²) in [7, 11) is 0. The molecule has 3 nitrogen and oxygen atoms in total. The van der Waals surface area contributed by atoms with Crippen LogP contribution in [0.15, 0.2) is 18.2 Å². The van der Waals surface area contributed by atoms with Gasteiger partial charge >= 0.3 is 0 Å². The molecule has 1 aromatic rings. The molecule has 0 amide bonds. The van der Waals surface area contributed by atoms with Gasteiger partial charge in [0.2, 0.25) is 0 Å². The van der Waals surface area contributed by atoms with Crippen molar-refractivity contribution in [2.24, 2.45) is 5.73 Å². The molecule has 102 valence electrons. The van der Waals surface area contributed by atoms with Gasteiger partial charge in [-0.25, -0.2) is 0 Å². The van der Waals surface area contributed by atoms with Gasteiger partial charge in [-0.1, -0.05) is 18.5 Å². The van der Waals surface area contributed by atoms with Crippen LogP contribution in [0.4, 0.5) is 0 Å². The summed E-state index contributed by atoms with van der Waals surface area (Å²) in [4.78, 5) is 0. The van der Waals surface area contributed by atoms with Crippen LogP contribution in [0.5, 0.6) is 5.75 Å². The summed E-state index contributed by atoms with van der Waals surface area (Å²) in [5.41, 5.74) is 7.04. The van der Waals surface area contributed by atoms with Crippen LogP contribution in [-0.4, -0.2) is 25.9 Å². The van der Waals surface area contributed by atoms with Gasteiger partial charge in [-0.2, -0.15) is 0 Å². The predicted molar refractivity (Wildman–Crippen MR) is 75.4 cm³/mol. The highest BCUT2D eigenvalue weighted by atomic mass is 35.5. The molecule has 1 aromatic carbocycles. The highest BCUT2D eigenvalue weighted by Crippen LogP contribution is 2.24. The smallest absolute Gasteiger partial charge is 0.122 e. The minimum Gasteiger partial charge on any atom is -0.491 e. The average Bonchev–Trinajstić information content (AvgIpc) is 2.36. The molecule has 0 aliphatic heterocycles. The van der Waals surface area contributed by atoms with Crippen molar-refractivity contribution in [3.63, 3.8) is 0 Å². The van der Waals surface area contributed by atoms with Crippen molar-refractivity contribution in [2.45, 2.75) is 32.7 Å². The van der Waals surface area contributed by atoms with E-state index >= 15 is 0 Å². The summed E-state index contributed by atoms with van der Waals surface area (Å²) in [5.74, 6) is 0.850. The Hall–Kier alpha value is -0.770. The predicted octanol–water partition coefficient (Wildman–Crippen LogP) is 3.04. The highest BCUT2D eigenvalue weighted by molar-refractivity contribution is 6.30. The van der Waals surface area contributed by atoms with E-state index in [1.165, 1.54) is 0 Å². The van der Waals surface area contributed by atoms with Crippen molar-refractivity contribution in [1.29, 1.82) is 0 Å². The van der Waals surface area contributed by atoms with E-state index in [9.17, 15) is 0 Å². The molecule has 0 saturated heterocycles. The first kappa shape index (κ1) is 15.3. The monoisotopic (exact) mass is 271 g/mol. The molecule has 0 aromatic heterocycles. The third kappa shape index (κ3) is 5.25. The van der Waals surface area contributed by atoms with Crippen LogP contribution in [0.2, 0.25) is 5.02 Å². The standard InChI is InChI=1S/C14H22ClNO2/c1-3-13(16)10-11-9-12(15)5-6-14(11)18-8-7-17-4-2/h5-6,9,13H,3-4,7-8,10,16H2,1-2H3. The molecular weight excluding hydrogens is 250 g/mol. The van der Waals surface area contributed by atoms with Gasteiger partial charge in [0.1, 0.15) is 12.4 Å². The number of rotatable bonds is 8. The number of hydrogen-bond acceptors (Lipinski definition) is 3. The fraction of sp³-hybridized carbons (Fsp3) is 0.571. The molecule has 18 heavy (non-hydrogen) atoms. The summed E-state index contributed by atoms with van der Waals surface area (Å²) in [5, 5.41) is 0.713. The van der Waals surface area contributed by atoms with Crippen molar-refractivity contribution in [3.8, 4) is 5.75 Å². The van der Waals surface area contributed by atoms with Crippen molar-refractivity contribution in [1.82, 2.24) is 0 Å². The molecule has 0 saturated carbocycles. The molecule has 2 N–H and O–H groups in total. The minimum atomic E-state index is 0.137. The second-order valence-corrected chi connectivity index (χ2v) is 4.61. The van der Waals surface area contributed by atoms with Crippen LogP contribution in [0.1, 0.15) is 25.8 Å². The number of benzene rings is 1. The summed E-state index contributed by atoms with van der Waals surface area (Å²) in [6.07, 6.45) is 1.71. The summed E-state index contributed by atoms with van der Waals surface area (Å²) < 4.78 is 10.9. The fourth-order valence-corrected chi connectivity index (χ4v) is 1.82.